The number of pyridine rings is 1. The SMILES string of the molecule is CCNCc1nc(-c2ccncc2)cs1. The first kappa shape index (κ1) is 10.3. The number of rotatable bonds is 4. The van der Waals surface area contributed by atoms with Gasteiger partial charge in [-0.2, -0.15) is 0 Å². The topological polar surface area (TPSA) is 37.8 Å². The normalized spacial score (nSPS) is 10.5. The molecule has 0 saturated heterocycles. The van der Waals surface area contributed by atoms with E-state index in [-0.39, 0.29) is 0 Å². The summed E-state index contributed by atoms with van der Waals surface area (Å²) >= 11 is 1.69. The summed E-state index contributed by atoms with van der Waals surface area (Å²) in [7, 11) is 0. The molecule has 0 atom stereocenters. The molecule has 2 rings (SSSR count). The molecule has 2 heterocycles. The number of aromatic nitrogens is 2. The second-order valence-electron chi connectivity index (χ2n) is 3.14. The van der Waals surface area contributed by atoms with Crippen LogP contribution in [-0.2, 0) is 6.54 Å². The van der Waals surface area contributed by atoms with Crippen molar-refractivity contribution in [2.24, 2.45) is 0 Å². The number of nitrogens with one attached hydrogen (secondary N) is 1. The molecule has 2 aromatic rings. The molecule has 0 aliphatic heterocycles. The van der Waals surface area contributed by atoms with Gasteiger partial charge in [0.15, 0.2) is 0 Å². The highest BCUT2D eigenvalue weighted by Gasteiger charge is 2.02. The van der Waals surface area contributed by atoms with Crippen LogP contribution in [0, 0.1) is 0 Å². The van der Waals surface area contributed by atoms with Crippen molar-refractivity contribution >= 4 is 11.3 Å². The highest BCUT2D eigenvalue weighted by Crippen LogP contribution is 2.20. The van der Waals surface area contributed by atoms with Gasteiger partial charge in [-0.25, -0.2) is 4.98 Å². The molecule has 0 aromatic carbocycles. The molecule has 0 saturated carbocycles. The molecule has 0 fully saturated rings. The molecule has 78 valence electrons. The maximum Gasteiger partial charge on any atom is 0.107 e. The van der Waals surface area contributed by atoms with Crippen molar-refractivity contribution < 1.29 is 0 Å². The van der Waals surface area contributed by atoms with E-state index >= 15 is 0 Å². The Balaban J connectivity index is 2.14. The molecule has 0 aliphatic carbocycles. The molecule has 0 spiro atoms. The van der Waals surface area contributed by atoms with Gasteiger partial charge in [0.2, 0.25) is 0 Å². The first-order valence-electron chi connectivity index (χ1n) is 4.95. The standard InChI is InChI=1S/C11H13N3S/c1-2-12-7-11-14-10(8-15-11)9-3-5-13-6-4-9/h3-6,8,12H,2,7H2,1H3. The Labute approximate surface area is 93.2 Å². The second kappa shape index (κ2) is 5.00. The molecule has 0 aliphatic rings. The summed E-state index contributed by atoms with van der Waals surface area (Å²) in [6.45, 7) is 3.92. The van der Waals surface area contributed by atoms with E-state index in [4.69, 9.17) is 0 Å². The van der Waals surface area contributed by atoms with Crippen LogP contribution in [0.4, 0.5) is 0 Å². The van der Waals surface area contributed by atoms with Gasteiger partial charge in [0.05, 0.1) is 5.69 Å². The van der Waals surface area contributed by atoms with E-state index in [1.54, 1.807) is 23.7 Å². The van der Waals surface area contributed by atoms with Crippen molar-refractivity contribution in [1.29, 1.82) is 0 Å². The lowest BCUT2D eigenvalue weighted by atomic mass is 10.2. The zero-order chi connectivity index (χ0) is 10.5. The summed E-state index contributed by atoms with van der Waals surface area (Å²) in [5.41, 5.74) is 2.17. The Morgan fingerprint density at radius 2 is 2.13 bits per heavy atom. The van der Waals surface area contributed by atoms with E-state index in [9.17, 15) is 0 Å². The summed E-state index contributed by atoms with van der Waals surface area (Å²) in [4.78, 5) is 8.54. The summed E-state index contributed by atoms with van der Waals surface area (Å²) in [6, 6.07) is 3.96. The molecule has 0 unspecified atom stereocenters. The van der Waals surface area contributed by atoms with Crippen molar-refractivity contribution in [2.75, 3.05) is 6.54 Å². The quantitative estimate of drug-likeness (QED) is 0.857. The van der Waals surface area contributed by atoms with E-state index in [1.165, 1.54) is 0 Å². The zero-order valence-electron chi connectivity index (χ0n) is 8.60. The van der Waals surface area contributed by atoms with Crippen LogP contribution in [0.3, 0.4) is 0 Å². The Hall–Kier alpha value is -1.26. The molecular formula is C11H13N3S. The summed E-state index contributed by atoms with van der Waals surface area (Å²) in [5.74, 6) is 0. The lowest BCUT2D eigenvalue weighted by molar-refractivity contribution is 0.723. The van der Waals surface area contributed by atoms with Crippen molar-refractivity contribution in [1.82, 2.24) is 15.3 Å². The second-order valence-corrected chi connectivity index (χ2v) is 4.09. The van der Waals surface area contributed by atoms with Gasteiger partial charge < -0.3 is 5.32 Å². The minimum absolute atomic E-state index is 0.853. The molecule has 0 amide bonds. The van der Waals surface area contributed by atoms with E-state index in [0.29, 0.717) is 0 Å². The largest absolute Gasteiger partial charge is 0.311 e. The van der Waals surface area contributed by atoms with E-state index in [0.717, 1.165) is 29.4 Å². The molecule has 3 nitrogen and oxygen atoms in total. The lowest BCUT2D eigenvalue weighted by Crippen LogP contribution is -2.11. The molecule has 4 heteroatoms. The third-order valence-corrected chi connectivity index (χ3v) is 2.90. The van der Waals surface area contributed by atoms with Crippen LogP contribution >= 0.6 is 11.3 Å². The predicted molar refractivity (Wildman–Crippen MR) is 62.7 cm³/mol. The van der Waals surface area contributed by atoms with Gasteiger partial charge in [-0.15, -0.1) is 11.3 Å². The smallest absolute Gasteiger partial charge is 0.107 e. The fourth-order valence-electron chi connectivity index (χ4n) is 1.28. The van der Waals surface area contributed by atoms with Gasteiger partial charge in [0, 0.05) is 29.9 Å². The average Bonchev–Trinajstić information content (AvgIpc) is 2.76. The molecular weight excluding hydrogens is 206 g/mol. The van der Waals surface area contributed by atoms with Crippen molar-refractivity contribution in [3.8, 4) is 11.3 Å². The minimum Gasteiger partial charge on any atom is -0.311 e. The highest BCUT2D eigenvalue weighted by molar-refractivity contribution is 7.09. The molecule has 0 radical (unpaired) electrons. The summed E-state index contributed by atoms with van der Waals surface area (Å²) in [6.07, 6.45) is 3.58. The van der Waals surface area contributed by atoms with Crippen LogP contribution in [0.15, 0.2) is 29.9 Å². The van der Waals surface area contributed by atoms with E-state index < -0.39 is 0 Å². The fourth-order valence-corrected chi connectivity index (χ4v) is 2.05. The van der Waals surface area contributed by atoms with E-state index in [1.807, 2.05) is 12.1 Å². The monoisotopic (exact) mass is 219 g/mol. The first-order chi connectivity index (χ1) is 7.40. The van der Waals surface area contributed by atoms with Gasteiger partial charge in [-0.1, -0.05) is 6.92 Å². The lowest BCUT2D eigenvalue weighted by Gasteiger charge is -1.96. The maximum absolute atomic E-state index is 4.55. The van der Waals surface area contributed by atoms with Crippen LogP contribution in [0.5, 0.6) is 0 Å². The van der Waals surface area contributed by atoms with Crippen LogP contribution < -0.4 is 5.32 Å². The Morgan fingerprint density at radius 3 is 2.87 bits per heavy atom. The Bertz CT molecular complexity index is 411. The Kier molecular flexibility index (Phi) is 3.42. The summed E-state index contributed by atoms with van der Waals surface area (Å²) in [5, 5.41) is 6.48. The third-order valence-electron chi connectivity index (χ3n) is 2.05. The van der Waals surface area contributed by atoms with Gasteiger partial charge in [0.1, 0.15) is 5.01 Å². The van der Waals surface area contributed by atoms with Crippen LogP contribution in [0.25, 0.3) is 11.3 Å². The number of hydrogen-bond donors (Lipinski definition) is 1. The number of hydrogen-bond acceptors (Lipinski definition) is 4. The highest BCUT2D eigenvalue weighted by atomic mass is 32.1. The summed E-state index contributed by atoms with van der Waals surface area (Å²) < 4.78 is 0. The van der Waals surface area contributed by atoms with Gasteiger partial charge >= 0.3 is 0 Å². The van der Waals surface area contributed by atoms with E-state index in [2.05, 4.69) is 27.6 Å². The van der Waals surface area contributed by atoms with Crippen LogP contribution in [-0.4, -0.2) is 16.5 Å². The third kappa shape index (κ3) is 2.61. The molecule has 2 aromatic heterocycles. The van der Waals surface area contributed by atoms with Crippen molar-refractivity contribution in [3.63, 3.8) is 0 Å². The maximum atomic E-state index is 4.55. The minimum atomic E-state index is 0.853. The van der Waals surface area contributed by atoms with Crippen LogP contribution in [0.2, 0.25) is 0 Å². The first-order valence-corrected chi connectivity index (χ1v) is 5.83. The average molecular weight is 219 g/mol. The van der Waals surface area contributed by atoms with Gasteiger partial charge in [-0.3, -0.25) is 4.98 Å². The number of nitrogens with zero attached hydrogens (tertiary/aromatic N) is 2. The van der Waals surface area contributed by atoms with Gasteiger partial charge in [0.25, 0.3) is 0 Å². The van der Waals surface area contributed by atoms with Crippen LogP contribution in [0.1, 0.15) is 11.9 Å². The van der Waals surface area contributed by atoms with Crippen molar-refractivity contribution in [3.05, 3.63) is 34.9 Å². The van der Waals surface area contributed by atoms with Crippen molar-refractivity contribution in [2.45, 2.75) is 13.5 Å². The molecule has 1 N–H and O–H groups in total. The predicted octanol–water partition coefficient (Wildman–Crippen LogP) is 2.31. The van der Waals surface area contributed by atoms with Gasteiger partial charge in [-0.05, 0) is 18.7 Å². The fraction of sp³-hybridized carbons (Fsp3) is 0.273. The Morgan fingerprint density at radius 1 is 1.33 bits per heavy atom. The number of thiazole rings is 1. The molecule has 15 heavy (non-hydrogen) atoms. The molecule has 0 bridgehead atoms. The zero-order valence-corrected chi connectivity index (χ0v) is 9.42.